The van der Waals surface area contributed by atoms with Crippen LogP contribution in [0.4, 0.5) is 13.2 Å². The van der Waals surface area contributed by atoms with Crippen molar-refractivity contribution < 1.29 is 18.0 Å². The molecule has 0 N–H and O–H groups in total. The number of carbonyl (C=O) groups is 1. The fraction of sp³-hybridized carbons (Fsp3) is 0.889. The van der Waals surface area contributed by atoms with Crippen LogP contribution in [0.3, 0.4) is 0 Å². The Kier molecular flexibility index (Phi) is 3.11. The second-order valence-electron chi connectivity index (χ2n) is 4.28. The fourth-order valence-corrected chi connectivity index (χ4v) is 2.36. The molecule has 2 fully saturated rings. The van der Waals surface area contributed by atoms with Crippen LogP contribution in [-0.4, -0.2) is 46.3 Å². The molecule has 1 aliphatic heterocycles. The van der Waals surface area contributed by atoms with E-state index in [0.717, 1.165) is 0 Å². The van der Waals surface area contributed by atoms with E-state index in [0.29, 0.717) is 26.2 Å². The molecule has 0 spiro atoms. The van der Waals surface area contributed by atoms with Gasteiger partial charge in [-0.25, -0.2) is 3.11 Å². The van der Waals surface area contributed by atoms with Gasteiger partial charge in [-0.15, -0.1) is 0 Å². The van der Waals surface area contributed by atoms with Crippen molar-refractivity contribution in [3.05, 3.63) is 0 Å². The van der Waals surface area contributed by atoms with Crippen LogP contribution >= 0.6 is 22.9 Å². The van der Waals surface area contributed by atoms with E-state index >= 15 is 0 Å². The SMILES string of the molecule is O=C(N1CCN(I)CC1)C1(C(F)(F)F)CC1. The van der Waals surface area contributed by atoms with Crippen molar-refractivity contribution in [1.82, 2.24) is 8.01 Å². The van der Waals surface area contributed by atoms with Gasteiger partial charge in [0.1, 0.15) is 5.41 Å². The Morgan fingerprint density at radius 2 is 1.62 bits per heavy atom. The zero-order valence-electron chi connectivity index (χ0n) is 8.56. The first-order valence-electron chi connectivity index (χ1n) is 5.14. The molecule has 92 valence electrons. The number of carbonyl (C=O) groups excluding carboxylic acids is 1. The molecule has 0 unspecified atom stereocenters. The minimum Gasteiger partial charge on any atom is -0.339 e. The lowest BCUT2D eigenvalue weighted by molar-refractivity contribution is -0.199. The van der Waals surface area contributed by atoms with Crippen LogP contribution in [0.2, 0.25) is 0 Å². The number of amides is 1. The quantitative estimate of drug-likeness (QED) is 0.533. The molecule has 0 aromatic heterocycles. The summed E-state index contributed by atoms with van der Waals surface area (Å²) in [6.45, 7) is 2.08. The van der Waals surface area contributed by atoms with E-state index in [-0.39, 0.29) is 12.8 Å². The minimum absolute atomic E-state index is 0.0419. The summed E-state index contributed by atoms with van der Waals surface area (Å²) < 4.78 is 40.1. The Morgan fingerprint density at radius 1 is 1.12 bits per heavy atom. The summed E-state index contributed by atoms with van der Waals surface area (Å²) >= 11 is 2.12. The number of halogens is 4. The molecule has 0 atom stereocenters. The first-order chi connectivity index (χ1) is 7.37. The van der Waals surface area contributed by atoms with E-state index in [1.54, 1.807) is 0 Å². The van der Waals surface area contributed by atoms with Crippen molar-refractivity contribution in [3.63, 3.8) is 0 Å². The third kappa shape index (κ3) is 2.03. The predicted molar refractivity (Wildman–Crippen MR) is 59.9 cm³/mol. The molecule has 2 aliphatic rings. The molecule has 16 heavy (non-hydrogen) atoms. The van der Waals surface area contributed by atoms with Gasteiger partial charge in [-0.2, -0.15) is 13.2 Å². The molecular formula is C9H12F3IN2O. The summed E-state index contributed by atoms with van der Waals surface area (Å²) in [6, 6.07) is 0. The third-order valence-corrected chi connectivity index (χ3v) is 4.18. The van der Waals surface area contributed by atoms with Gasteiger partial charge in [-0.05, 0) is 12.8 Å². The van der Waals surface area contributed by atoms with Gasteiger partial charge < -0.3 is 4.90 Å². The van der Waals surface area contributed by atoms with Crippen LogP contribution in [0.15, 0.2) is 0 Å². The standard InChI is InChI=1S/C9H12F3IN2O/c10-9(11,12)8(1-2-8)7(16)14-3-5-15(13)6-4-14/h1-6H2. The monoisotopic (exact) mass is 348 g/mol. The van der Waals surface area contributed by atoms with Gasteiger partial charge in [-0.3, -0.25) is 4.79 Å². The highest BCUT2D eigenvalue weighted by Crippen LogP contribution is 2.58. The fourth-order valence-electron chi connectivity index (χ4n) is 1.93. The van der Waals surface area contributed by atoms with E-state index in [1.165, 1.54) is 4.90 Å². The van der Waals surface area contributed by atoms with Crippen LogP contribution in [-0.2, 0) is 4.79 Å². The van der Waals surface area contributed by atoms with Crippen LogP contribution in [0.25, 0.3) is 0 Å². The highest BCUT2D eigenvalue weighted by molar-refractivity contribution is 14.1. The first kappa shape index (κ1) is 12.4. The highest BCUT2D eigenvalue weighted by atomic mass is 127. The van der Waals surface area contributed by atoms with Crippen LogP contribution < -0.4 is 0 Å². The van der Waals surface area contributed by atoms with Crippen LogP contribution in [0.1, 0.15) is 12.8 Å². The second-order valence-corrected chi connectivity index (χ2v) is 5.65. The number of rotatable bonds is 1. The Bertz CT molecular complexity index is 296. The molecule has 1 saturated heterocycles. The number of nitrogens with zero attached hydrogens (tertiary/aromatic N) is 2. The van der Waals surface area contributed by atoms with E-state index in [2.05, 4.69) is 22.9 Å². The normalized spacial score (nSPS) is 25.6. The molecular weight excluding hydrogens is 336 g/mol. The summed E-state index contributed by atoms with van der Waals surface area (Å²) in [5, 5.41) is 0. The van der Waals surface area contributed by atoms with Gasteiger partial charge in [0.15, 0.2) is 0 Å². The highest BCUT2D eigenvalue weighted by Gasteiger charge is 2.69. The molecule has 0 bridgehead atoms. The van der Waals surface area contributed by atoms with Crippen molar-refractivity contribution >= 4 is 28.8 Å². The van der Waals surface area contributed by atoms with Crippen molar-refractivity contribution in [2.24, 2.45) is 5.41 Å². The zero-order chi connectivity index (χ0) is 12.0. The lowest BCUT2D eigenvalue weighted by Crippen LogP contribution is -2.51. The van der Waals surface area contributed by atoms with Gasteiger partial charge in [0.2, 0.25) is 5.91 Å². The van der Waals surface area contributed by atoms with Gasteiger partial charge in [0.25, 0.3) is 0 Å². The molecule has 7 heteroatoms. The summed E-state index contributed by atoms with van der Waals surface area (Å²) in [5.74, 6) is -0.718. The molecule has 0 aromatic rings. The minimum atomic E-state index is -4.38. The molecule has 1 aliphatic carbocycles. The zero-order valence-corrected chi connectivity index (χ0v) is 10.7. The van der Waals surface area contributed by atoms with Crippen LogP contribution in [0.5, 0.6) is 0 Å². The summed E-state index contributed by atoms with van der Waals surface area (Å²) in [7, 11) is 0. The second kappa shape index (κ2) is 4.01. The van der Waals surface area contributed by atoms with E-state index in [4.69, 9.17) is 0 Å². The van der Waals surface area contributed by atoms with Crippen LogP contribution in [0, 0.1) is 5.41 Å². The van der Waals surface area contributed by atoms with E-state index in [1.807, 2.05) is 3.11 Å². The maximum Gasteiger partial charge on any atom is 0.403 e. The average Bonchev–Trinajstić information content (AvgIpc) is 2.97. The Hall–Kier alpha value is -0.0500. The topological polar surface area (TPSA) is 23.6 Å². The Labute approximate surface area is 105 Å². The van der Waals surface area contributed by atoms with Gasteiger partial charge >= 0.3 is 6.18 Å². The maximum atomic E-state index is 12.7. The molecule has 2 rings (SSSR count). The van der Waals surface area contributed by atoms with E-state index in [9.17, 15) is 18.0 Å². The van der Waals surface area contributed by atoms with Gasteiger partial charge in [-0.1, -0.05) is 0 Å². The average molecular weight is 348 g/mol. The van der Waals surface area contributed by atoms with Crippen molar-refractivity contribution in [1.29, 1.82) is 0 Å². The van der Waals surface area contributed by atoms with Crippen molar-refractivity contribution in [2.75, 3.05) is 26.2 Å². The van der Waals surface area contributed by atoms with Crippen molar-refractivity contribution in [2.45, 2.75) is 19.0 Å². The van der Waals surface area contributed by atoms with Crippen molar-refractivity contribution in [3.8, 4) is 0 Å². The number of hydrogen-bond donors (Lipinski definition) is 0. The lowest BCUT2D eigenvalue weighted by Gasteiger charge is -2.34. The smallest absolute Gasteiger partial charge is 0.339 e. The molecule has 1 heterocycles. The van der Waals surface area contributed by atoms with Gasteiger partial charge in [0.05, 0.1) is 0 Å². The lowest BCUT2D eigenvalue weighted by atomic mass is 10.0. The van der Waals surface area contributed by atoms with E-state index < -0.39 is 17.5 Å². The summed E-state index contributed by atoms with van der Waals surface area (Å²) in [6.07, 6.45) is -4.47. The number of piperazine rings is 1. The maximum absolute atomic E-state index is 12.7. The number of hydrogen-bond acceptors (Lipinski definition) is 2. The summed E-state index contributed by atoms with van der Waals surface area (Å²) in [4.78, 5) is 13.2. The molecule has 1 saturated carbocycles. The van der Waals surface area contributed by atoms with Gasteiger partial charge in [0, 0.05) is 49.0 Å². The molecule has 0 radical (unpaired) electrons. The Balaban J connectivity index is 2.03. The largest absolute Gasteiger partial charge is 0.403 e. The Morgan fingerprint density at radius 3 is 2.00 bits per heavy atom. The summed E-state index contributed by atoms with van der Waals surface area (Å²) in [5.41, 5.74) is -2.04. The molecule has 1 amide bonds. The predicted octanol–water partition coefficient (Wildman–Crippen LogP) is 1.82. The third-order valence-electron chi connectivity index (χ3n) is 3.21. The molecule has 3 nitrogen and oxygen atoms in total. The first-order valence-corrected chi connectivity index (χ1v) is 6.10. The number of alkyl halides is 3. The molecule has 0 aromatic carbocycles.